The van der Waals surface area contributed by atoms with E-state index in [4.69, 9.17) is 55.6 Å². The summed E-state index contributed by atoms with van der Waals surface area (Å²) in [6.45, 7) is 1.65. The summed E-state index contributed by atoms with van der Waals surface area (Å²) >= 11 is 24.0. The number of hydrogen-bond donors (Lipinski definition) is 1. The van der Waals surface area contributed by atoms with E-state index in [1.54, 1.807) is 42.5 Å². The summed E-state index contributed by atoms with van der Waals surface area (Å²) in [5, 5.41) is 5.57. The molecule has 0 atom stereocenters. The molecular weight excluding hydrogens is 458 g/mol. The topological polar surface area (TPSA) is 63.8 Å². The van der Waals surface area contributed by atoms with Gasteiger partial charge in [-0.1, -0.05) is 46.4 Å². The van der Waals surface area contributed by atoms with E-state index < -0.39 is 5.91 Å². The van der Waals surface area contributed by atoms with Gasteiger partial charge in [-0.3, -0.25) is 4.79 Å². The molecule has 0 aliphatic rings. The molecule has 1 heterocycles. The molecule has 0 radical (unpaired) electrons. The van der Waals surface area contributed by atoms with Gasteiger partial charge in [0.25, 0.3) is 5.91 Å². The van der Waals surface area contributed by atoms with E-state index in [0.29, 0.717) is 42.9 Å². The van der Waals surface area contributed by atoms with Crippen LogP contribution in [-0.2, 0) is 4.79 Å². The van der Waals surface area contributed by atoms with Crippen LogP contribution < -0.4 is 10.2 Å². The second kappa shape index (κ2) is 9.55. The number of halogens is 4. The number of amides is 1. The number of furan rings is 1. The predicted octanol–water partition coefficient (Wildman–Crippen LogP) is 6.40. The number of aryl methyl sites for hydroxylation is 1. The number of benzene rings is 2. The average Bonchev–Trinajstić information content (AvgIpc) is 3.12. The maximum Gasteiger partial charge on any atom is 0.277 e. The van der Waals surface area contributed by atoms with Gasteiger partial charge < -0.3 is 9.15 Å². The van der Waals surface area contributed by atoms with Crippen molar-refractivity contribution in [3.63, 3.8) is 0 Å². The lowest BCUT2D eigenvalue weighted by Crippen LogP contribution is -2.24. The molecule has 3 rings (SSSR count). The van der Waals surface area contributed by atoms with Crippen molar-refractivity contribution in [3.05, 3.63) is 73.9 Å². The molecule has 0 unspecified atom stereocenters. The molecule has 5 nitrogen and oxygen atoms in total. The minimum absolute atomic E-state index is 0.192. The standard InChI is InChI=1S/C20H14Cl4N2O3/c1-11-6-12(21)2-4-18(11)28-10-20(27)26-25-9-13-3-5-19(29-13)14-7-16(23)17(24)8-15(14)22/h2-9H,10H2,1H3,(H,26,27). The van der Waals surface area contributed by atoms with E-state index in [2.05, 4.69) is 10.5 Å². The van der Waals surface area contributed by atoms with Crippen molar-refractivity contribution in [1.29, 1.82) is 0 Å². The Kier molecular flexibility index (Phi) is 7.09. The summed E-state index contributed by atoms with van der Waals surface area (Å²) in [5.41, 5.74) is 3.79. The Morgan fingerprint density at radius 2 is 1.83 bits per heavy atom. The number of nitrogens with zero attached hydrogens (tertiary/aromatic N) is 1. The highest BCUT2D eigenvalue weighted by molar-refractivity contribution is 6.44. The maximum atomic E-state index is 11.9. The first-order chi connectivity index (χ1) is 13.8. The number of rotatable bonds is 6. The highest BCUT2D eigenvalue weighted by atomic mass is 35.5. The second-order valence-electron chi connectivity index (χ2n) is 5.94. The summed E-state index contributed by atoms with van der Waals surface area (Å²) < 4.78 is 11.1. The van der Waals surface area contributed by atoms with Crippen LogP contribution in [-0.4, -0.2) is 18.7 Å². The molecule has 0 aliphatic heterocycles. The van der Waals surface area contributed by atoms with Crippen molar-refractivity contribution in [2.45, 2.75) is 6.92 Å². The van der Waals surface area contributed by atoms with Crippen molar-refractivity contribution in [1.82, 2.24) is 5.43 Å². The molecule has 3 aromatic rings. The van der Waals surface area contributed by atoms with Crippen LogP contribution in [0, 0.1) is 6.92 Å². The normalized spacial score (nSPS) is 11.1. The first kappa shape index (κ1) is 21.5. The SMILES string of the molecule is Cc1cc(Cl)ccc1OCC(=O)NN=Cc1ccc(-c2cc(Cl)c(Cl)cc2Cl)o1. The van der Waals surface area contributed by atoms with Gasteiger partial charge in [0.1, 0.15) is 17.3 Å². The van der Waals surface area contributed by atoms with Gasteiger partial charge in [-0.15, -0.1) is 0 Å². The van der Waals surface area contributed by atoms with Crippen LogP contribution in [0.15, 0.2) is 52.0 Å². The average molecular weight is 472 g/mol. The summed E-state index contributed by atoms with van der Waals surface area (Å²) in [7, 11) is 0. The van der Waals surface area contributed by atoms with Crippen molar-refractivity contribution in [2.24, 2.45) is 5.10 Å². The molecule has 1 N–H and O–H groups in total. The Balaban J connectivity index is 1.57. The molecule has 0 aliphatic carbocycles. The summed E-state index contributed by atoms with van der Waals surface area (Å²) in [6, 6.07) is 11.7. The molecule has 1 aromatic heterocycles. The quantitative estimate of drug-likeness (QED) is 0.257. The molecule has 150 valence electrons. The zero-order chi connectivity index (χ0) is 21.0. The van der Waals surface area contributed by atoms with Crippen LogP contribution in [0.2, 0.25) is 20.1 Å². The third-order valence-electron chi connectivity index (χ3n) is 3.78. The summed E-state index contributed by atoms with van der Waals surface area (Å²) in [5.74, 6) is 1.05. The van der Waals surface area contributed by atoms with Gasteiger partial charge in [-0.05, 0) is 55.0 Å². The number of carbonyl (C=O) groups excluding carboxylic acids is 1. The zero-order valence-corrected chi connectivity index (χ0v) is 18.0. The fourth-order valence-electron chi connectivity index (χ4n) is 2.40. The third-order valence-corrected chi connectivity index (χ3v) is 5.05. The van der Waals surface area contributed by atoms with Crippen molar-refractivity contribution in [2.75, 3.05) is 6.61 Å². The highest BCUT2D eigenvalue weighted by Gasteiger charge is 2.11. The number of carbonyl (C=O) groups is 1. The molecule has 29 heavy (non-hydrogen) atoms. The van der Waals surface area contributed by atoms with Crippen molar-refractivity contribution >= 4 is 58.5 Å². The molecule has 0 fully saturated rings. The molecule has 9 heteroatoms. The van der Waals surface area contributed by atoms with Gasteiger partial charge in [0.05, 0.1) is 21.3 Å². The van der Waals surface area contributed by atoms with E-state index in [1.165, 1.54) is 6.21 Å². The zero-order valence-electron chi connectivity index (χ0n) is 15.0. The molecule has 1 amide bonds. The van der Waals surface area contributed by atoms with Gasteiger partial charge in [-0.2, -0.15) is 5.10 Å². The van der Waals surface area contributed by atoms with E-state index in [-0.39, 0.29) is 6.61 Å². The Hall–Kier alpha value is -2.18. The maximum absolute atomic E-state index is 11.9. The summed E-state index contributed by atoms with van der Waals surface area (Å²) in [6.07, 6.45) is 1.36. The number of hydrogen-bond acceptors (Lipinski definition) is 4. The Bertz CT molecular complexity index is 1080. The smallest absolute Gasteiger partial charge is 0.277 e. The number of nitrogens with one attached hydrogen (secondary N) is 1. The lowest BCUT2D eigenvalue weighted by atomic mass is 10.2. The first-order valence-corrected chi connectivity index (χ1v) is 9.80. The van der Waals surface area contributed by atoms with Gasteiger partial charge in [0.15, 0.2) is 6.61 Å². The van der Waals surface area contributed by atoms with E-state index in [0.717, 1.165) is 5.56 Å². The number of hydrazone groups is 1. The Morgan fingerprint density at radius 3 is 2.59 bits per heavy atom. The van der Waals surface area contributed by atoms with Crippen LogP contribution in [0.3, 0.4) is 0 Å². The molecule has 0 bridgehead atoms. The fraction of sp³-hybridized carbons (Fsp3) is 0.100. The minimum atomic E-state index is -0.421. The third kappa shape index (κ3) is 5.67. The van der Waals surface area contributed by atoms with Crippen LogP contribution in [0.25, 0.3) is 11.3 Å². The summed E-state index contributed by atoms with van der Waals surface area (Å²) in [4.78, 5) is 11.9. The van der Waals surface area contributed by atoms with E-state index in [9.17, 15) is 4.79 Å². The van der Waals surface area contributed by atoms with Crippen LogP contribution >= 0.6 is 46.4 Å². The van der Waals surface area contributed by atoms with E-state index >= 15 is 0 Å². The van der Waals surface area contributed by atoms with Crippen molar-refractivity contribution in [3.8, 4) is 17.1 Å². The molecule has 0 spiro atoms. The largest absolute Gasteiger partial charge is 0.483 e. The molecule has 2 aromatic carbocycles. The number of ether oxygens (including phenoxy) is 1. The van der Waals surface area contributed by atoms with Gasteiger partial charge >= 0.3 is 0 Å². The fourth-order valence-corrected chi connectivity index (χ4v) is 3.26. The minimum Gasteiger partial charge on any atom is -0.483 e. The molecule has 0 saturated heterocycles. The molecule has 0 saturated carbocycles. The Labute approximate surface area is 187 Å². The lowest BCUT2D eigenvalue weighted by Gasteiger charge is -2.08. The van der Waals surface area contributed by atoms with E-state index in [1.807, 2.05) is 6.92 Å². The van der Waals surface area contributed by atoms with Gasteiger partial charge in [-0.25, -0.2) is 5.43 Å². The van der Waals surface area contributed by atoms with Gasteiger partial charge in [0.2, 0.25) is 0 Å². The second-order valence-corrected chi connectivity index (χ2v) is 7.60. The van der Waals surface area contributed by atoms with Crippen molar-refractivity contribution < 1.29 is 13.9 Å². The molecular formula is C20H14Cl4N2O3. The van der Waals surface area contributed by atoms with Crippen LogP contribution in [0.1, 0.15) is 11.3 Å². The van der Waals surface area contributed by atoms with Crippen LogP contribution in [0.5, 0.6) is 5.75 Å². The highest BCUT2D eigenvalue weighted by Crippen LogP contribution is 2.35. The predicted molar refractivity (Wildman–Crippen MR) is 117 cm³/mol. The lowest BCUT2D eigenvalue weighted by molar-refractivity contribution is -0.123. The van der Waals surface area contributed by atoms with Crippen LogP contribution in [0.4, 0.5) is 0 Å². The monoisotopic (exact) mass is 470 g/mol. The first-order valence-electron chi connectivity index (χ1n) is 8.29. The Morgan fingerprint density at radius 1 is 1.07 bits per heavy atom. The van der Waals surface area contributed by atoms with Gasteiger partial charge in [0, 0.05) is 10.6 Å².